The standard InChI is InChI=1S/C14H18BrFN2O2.ClH/c1-9-12(3-2-6-17-9)18-14(19)8-20-13-5-4-10(15)7-11(13)16;/h4-5,7,9,12,17H,2-3,6,8H2,1H3,(H,18,19);1H. The average molecular weight is 382 g/mol. The first-order valence-electron chi connectivity index (χ1n) is 6.67. The summed E-state index contributed by atoms with van der Waals surface area (Å²) in [6.45, 7) is 2.84. The summed E-state index contributed by atoms with van der Waals surface area (Å²) < 4.78 is 19.4. The summed E-state index contributed by atoms with van der Waals surface area (Å²) in [7, 11) is 0. The van der Waals surface area contributed by atoms with E-state index in [1.165, 1.54) is 12.1 Å². The molecule has 2 N–H and O–H groups in total. The van der Waals surface area contributed by atoms with Crippen molar-refractivity contribution < 1.29 is 13.9 Å². The summed E-state index contributed by atoms with van der Waals surface area (Å²) in [5, 5.41) is 6.22. The third-order valence-electron chi connectivity index (χ3n) is 3.36. The molecular formula is C14H19BrClFN2O2. The van der Waals surface area contributed by atoms with Crippen LogP contribution in [0.4, 0.5) is 4.39 Å². The van der Waals surface area contributed by atoms with Crippen LogP contribution in [0.3, 0.4) is 0 Å². The van der Waals surface area contributed by atoms with Crippen LogP contribution < -0.4 is 15.4 Å². The molecule has 1 aromatic carbocycles. The van der Waals surface area contributed by atoms with E-state index in [4.69, 9.17) is 4.74 Å². The van der Waals surface area contributed by atoms with Crippen LogP contribution in [0.1, 0.15) is 19.8 Å². The van der Waals surface area contributed by atoms with Gasteiger partial charge in [0.15, 0.2) is 18.2 Å². The zero-order valence-electron chi connectivity index (χ0n) is 11.7. The lowest BCUT2D eigenvalue weighted by Crippen LogP contribution is -2.52. The molecule has 2 atom stereocenters. The lowest BCUT2D eigenvalue weighted by molar-refractivity contribution is -0.124. The first kappa shape index (κ1) is 18.2. The lowest BCUT2D eigenvalue weighted by Gasteiger charge is -2.30. The number of hydrogen-bond acceptors (Lipinski definition) is 3. The van der Waals surface area contributed by atoms with Gasteiger partial charge in [0, 0.05) is 16.6 Å². The molecule has 118 valence electrons. The Morgan fingerprint density at radius 3 is 3.00 bits per heavy atom. The molecule has 7 heteroatoms. The lowest BCUT2D eigenvalue weighted by atomic mass is 10.00. The van der Waals surface area contributed by atoms with Crippen molar-refractivity contribution in [3.63, 3.8) is 0 Å². The van der Waals surface area contributed by atoms with Crippen LogP contribution in [-0.2, 0) is 4.79 Å². The van der Waals surface area contributed by atoms with E-state index in [1.54, 1.807) is 6.07 Å². The Balaban J connectivity index is 0.00000220. The Bertz CT molecular complexity index is 490. The predicted octanol–water partition coefficient (Wildman–Crippen LogP) is 2.65. The summed E-state index contributed by atoms with van der Waals surface area (Å²) in [4.78, 5) is 11.8. The molecule has 1 aromatic rings. The molecule has 1 amide bonds. The second-order valence-electron chi connectivity index (χ2n) is 4.92. The van der Waals surface area contributed by atoms with E-state index in [9.17, 15) is 9.18 Å². The predicted molar refractivity (Wildman–Crippen MR) is 85.5 cm³/mol. The molecule has 2 unspecified atom stereocenters. The molecule has 0 aliphatic carbocycles. The van der Waals surface area contributed by atoms with Crippen LogP contribution in [-0.4, -0.2) is 31.1 Å². The summed E-state index contributed by atoms with van der Waals surface area (Å²) in [6.07, 6.45) is 1.99. The Labute approximate surface area is 138 Å². The number of halogens is 3. The minimum atomic E-state index is -0.486. The molecule has 4 nitrogen and oxygen atoms in total. The third kappa shape index (κ3) is 5.45. The van der Waals surface area contributed by atoms with Gasteiger partial charge in [-0.05, 0) is 44.5 Å². The van der Waals surface area contributed by atoms with Gasteiger partial charge in [-0.25, -0.2) is 4.39 Å². The van der Waals surface area contributed by atoms with Crippen molar-refractivity contribution in [3.05, 3.63) is 28.5 Å². The van der Waals surface area contributed by atoms with Crippen molar-refractivity contribution >= 4 is 34.2 Å². The number of nitrogens with one attached hydrogen (secondary N) is 2. The van der Waals surface area contributed by atoms with Gasteiger partial charge in [-0.15, -0.1) is 12.4 Å². The normalized spacial score (nSPS) is 21.3. The van der Waals surface area contributed by atoms with Crippen LogP contribution in [0.25, 0.3) is 0 Å². The molecule has 1 aliphatic heterocycles. The highest BCUT2D eigenvalue weighted by atomic mass is 79.9. The van der Waals surface area contributed by atoms with Gasteiger partial charge >= 0.3 is 0 Å². The Hall–Kier alpha value is -0.850. The fraction of sp³-hybridized carbons (Fsp3) is 0.500. The summed E-state index contributed by atoms with van der Waals surface area (Å²) in [5.41, 5.74) is 0. The first-order chi connectivity index (χ1) is 9.56. The second kappa shape index (κ2) is 8.56. The van der Waals surface area contributed by atoms with Gasteiger partial charge in [-0.1, -0.05) is 15.9 Å². The minimum absolute atomic E-state index is 0. The molecule has 1 aliphatic rings. The fourth-order valence-corrected chi connectivity index (χ4v) is 2.56. The van der Waals surface area contributed by atoms with Crippen molar-refractivity contribution in [2.45, 2.75) is 31.8 Å². The van der Waals surface area contributed by atoms with Crippen LogP contribution in [0.5, 0.6) is 5.75 Å². The highest BCUT2D eigenvalue weighted by Crippen LogP contribution is 2.21. The molecule has 21 heavy (non-hydrogen) atoms. The maximum Gasteiger partial charge on any atom is 0.258 e. The largest absolute Gasteiger partial charge is 0.481 e. The zero-order valence-corrected chi connectivity index (χ0v) is 14.1. The van der Waals surface area contributed by atoms with Crippen molar-refractivity contribution in [1.29, 1.82) is 0 Å². The fourth-order valence-electron chi connectivity index (χ4n) is 2.23. The number of rotatable bonds is 4. The van der Waals surface area contributed by atoms with Crippen molar-refractivity contribution in [3.8, 4) is 5.75 Å². The van der Waals surface area contributed by atoms with E-state index < -0.39 is 5.82 Å². The molecule has 0 saturated carbocycles. The van der Waals surface area contributed by atoms with E-state index in [2.05, 4.69) is 26.6 Å². The Kier molecular flexibility index (Phi) is 7.42. The number of carbonyl (C=O) groups is 1. The van der Waals surface area contributed by atoms with E-state index in [0.29, 0.717) is 4.47 Å². The third-order valence-corrected chi connectivity index (χ3v) is 3.85. The van der Waals surface area contributed by atoms with Crippen molar-refractivity contribution in [1.82, 2.24) is 10.6 Å². The number of hydrogen-bond donors (Lipinski definition) is 2. The van der Waals surface area contributed by atoms with Crippen molar-refractivity contribution in [2.75, 3.05) is 13.2 Å². The number of carbonyl (C=O) groups excluding carboxylic acids is 1. The first-order valence-corrected chi connectivity index (χ1v) is 7.46. The Morgan fingerprint density at radius 1 is 1.57 bits per heavy atom. The van der Waals surface area contributed by atoms with Crippen molar-refractivity contribution in [2.24, 2.45) is 0 Å². The van der Waals surface area contributed by atoms with Crippen LogP contribution >= 0.6 is 28.3 Å². The van der Waals surface area contributed by atoms with E-state index in [-0.39, 0.29) is 42.8 Å². The summed E-state index contributed by atoms with van der Waals surface area (Å²) in [5.74, 6) is -0.633. The average Bonchev–Trinajstić information content (AvgIpc) is 2.40. The zero-order chi connectivity index (χ0) is 14.5. The van der Waals surface area contributed by atoms with Gasteiger partial charge in [0.2, 0.25) is 0 Å². The molecule has 0 radical (unpaired) electrons. The van der Waals surface area contributed by atoms with Gasteiger partial charge in [-0.2, -0.15) is 0 Å². The number of amides is 1. The van der Waals surface area contributed by atoms with Gasteiger partial charge in [0.25, 0.3) is 5.91 Å². The van der Waals surface area contributed by atoms with Gasteiger partial charge in [-0.3, -0.25) is 4.79 Å². The summed E-state index contributed by atoms with van der Waals surface area (Å²) in [6, 6.07) is 4.83. The summed E-state index contributed by atoms with van der Waals surface area (Å²) >= 11 is 3.17. The van der Waals surface area contributed by atoms with E-state index >= 15 is 0 Å². The molecule has 1 fully saturated rings. The molecule has 0 bridgehead atoms. The van der Waals surface area contributed by atoms with E-state index in [0.717, 1.165) is 19.4 Å². The quantitative estimate of drug-likeness (QED) is 0.843. The SMILES string of the molecule is CC1NCCCC1NC(=O)COc1ccc(Br)cc1F.Cl. The monoisotopic (exact) mass is 380 g/mol. The molecule has 1 heterocycles. The maximum atomic E-state index is 13.5. The molecular weight excluding hydrogens is 363 g/mol. The topological polar surface area (TPSA) is 50.4 Å². The van der Waals surface area contributed by atoms with Crippen LogP contribution in [0, 0.1) is 5.82 Å². The van der Waals surface area contributed by atoms with Gasteiger partial charge in [0.1, 0.15) is 0 Å². The second-order valence-corrected chi connectivity index (χ2v) is 5.84. The van der Waals surface area contributed by atoms with Crippen LogP contribution in [0.2, 0.25) is 0 Å². The van der Waals surface area contributed by atoms with Gasteiger partial charge < -0.3 is 15.4 Å². The van der Waals surface area contributed by atoms with E-state index in [1.807, 2.05) is 6.92 Å². The Morgan fingerprint density at radius 2 is 2.33 bits per heavy atom. The number of benzene rings is 1. The minimum Gasteiger partial charge on any atom is -0.481 e. The molecule has 0 spiro atoms. The highest BCUT2D eigenvalue weighted by molar-refractivity contribution is 9.10. The highest BCUT2D eigenvalue weighted by Gasteiger charge is 2.22. The number of ether oxygens (including phenoxy) is 1. The van der Waals surface area contributed by atoms with Crippen LogP contribution in [0.15, 0.2) is 22.7 Å². The van der Waals surface area contributed by atoms with Gasteiger partial charge in [0.05, 0.1) is 0 Å². The molecule has 0 aromatic heterocycles. The smallest absolute Gasteiger partial charge is 0.258 e. The maximum absolute atomic E-state index is 13.5. The molecule has 2 rings (SSSR count). The number of piperidine rings is 1. The molecule has 1 saturated heterocycles.